The van der Waals surface area contributed by atoms with Gasteiger partial charge >= 0.3 is 0 Å². The Bertz CT molecular complexity index is 1080. The molecule has 3 heterocycles. The number of amides is 1. The Morgan fingerprint density at radius 2 is 1.33 bits per heavy atom. The third-order valence-electron chi connectivity index (χ3n) is 6.11. The molecule has 0 radical (unpaired) electrons. The third-order valence-corrected chi connectivity index (χ3v) is 6.21. The summed E-state index contributed by atoms with van der Waals surface area (Å²) in [6.07, 6.45) is 3.67. The molecule has 0 atom stereocenters. The van der Waals surface area contributed by atoms with Gasteiger partial charge in [0.05, 0.1) is 28.8 Å². The predicted octanol–water partition coefficient (Wildman–Crippen LogP) is 3.47. The highest BCUT2D eigenvalue weighted by atomic mass is 32.1. The Morgan fingerprint density at radius 1 is 0.806 bits per heavy atom. The van der Waals surface area contributed by atoms with Crippen molar-refractivity contribution in [3.05, 3.63) is 84.4 Å². The first-order chi connectivity index (χ1) is 17.7. The molecule has 0 unspecified atom stereocenters. The predicted molar refractivity (Wildman–Crippen MR) is 145 cm³/mol. The van der Waals surface area contributed by atoms with E-state index >= 15 is 0 Å². The minimum absolute atomic E-state index is 0.0344. The van der Waals surface area contributed by atoms with E-state index in [9.17, 15) is 4.79 Å². The molecule has 8 nitrogen and oxygen atoms in total. The zero-order valence-electron chi connectivity index (χ0n) is 20.3. The molecule has 0 spiro atoms. The number of isothiocyanates is 1. The first-order valence-electron chi connectivity index (χ1n) is 12.1. The van der Waals surface area contributed by atoms with Gasteiger partial charge in [0.1, 0.15) is 0 Å². The lowest BCUT2D eigenvalue weighted by Crippen LogP contribution is -2.40. The number of nitrogens with one attached hydrogen (secondary N) is 1. The van der Waals surface area contributed by atoms with Crippen LogP contribution in [0.2, 0.25) is 0 Å². The zero-order valence-corrected chi connectivity index (χ0v) is 21.1. The number of anilines is 1. The van der Waals surface area contributed by atoms with Gasteiger partial charge in [-0.15, -0.1) is 0 Å². The van der Waals surface area contributed by atoms with Crippen molar-refractivity contribution >= 4 is 34.7 Å². The molecular weight excluding hydrogens is 470 g/mol. The molecule has 4 rings (SSSR count). The van der Waals surface area contributed by atoms with Crippen molar-refractivity contribution in [2.75, 3.05) is 51.1 Å². The number of rotatable bonds is 8. The van der Waals surface area contributed by atoms with E-state index in [0.717, 1.165) is 69.4 Å². The van der Waals surface area contributed by atoms with Crippen LogP contribution >= 0.6 is 12.2 Å². The summed E-state index contributed by atoms with van der Waals surface area (Å²) in [4.78, 5) is 32.9. The lowest BCUT2D eigenvalue weighted by Gasteiger charge is -2.25. The first-order valence-corrected chi connectivity index (χ1v) is 12.5. The van der Waals surface area contributed by atoms with Gasteiger partial charge in [-0.1, -0.05) is 12.1 Å². The van der Waals surface area contributed by atoms with Crippen LogP contribution in [0.4, 0.5) is 11.4 Å². The normalized spacial score (nSPS) is 15.8. The van der Waals surface area contributed by atoms with Gasteiger partial charge in [-0.2, -0.15) is 4.99 Å². The van der Waals surface area contributed by atoms with Crippen LogP contribution in [0.25, 0.3) is 0 Å². The molecule has 1 fully saturated rings. The molecule has 9 heteroatoms. The van der Waals surface area contributed by atoms with E-state index in [1.54, 1.807) is 12.1 Å². The molecule has 2 aromatic heterocycles. The fraction of sp³-hybridized carbons (Fsp3) is 0.333. The summed E-state index contributed by atoms with van der Waals surface area (Å²) in [5, 5.41) is 5.35. The number of pyridine rings is 2. The van der Waals surface area contributed by atoms with E-state index in [2.05, 4.69) is 64.5 Å². The zero-order chi connectivity index (χ0) is 25.0. The van der Waals surface area contributed by atoms with Crippen LogP contribution in [0, 0.1) is 0 Å². The Kier molecular flexibility index (Phi) is 9.78. The maximum atomic E-state index is 12.9. The van der Waals surface area contributed by atoms with Gasteiger partial charge in [0.15, 0.2) is 0 Å². The second-order valence-electron chi connectivity index (χ2n) is 8.77. The van der Waals surface area contributed by atoms with Gasteiger partial charge in [-0.05, 0) is 60.7 Å². The Labute approximate surface area is 217 Å². The van der Waals surface area contributed by atoms with Gasteiger partial charge in [-0.25, -0.2) is 0 Å². The second-order valence-corrected chi connectivity index (χ2v) is 8.95. The molecule has 1 amide bonds. The van der Waals surface area contributed by atoms with Crippen LogP contribution in [-0.2, 0) is 17.9 Å². The van der Waals surface area contributed by atoms with Crippen molar-refractivity contribution in [1.29, 1.82) is 0 Å². The van der Waals surface area contributed by atoms with Crippen LogP contribution < -0.4 is 5.32 Å². The monoisotopic (exact) mass is 501 g/mol. The second kappa shape index (κ2) is 13.7. The van der Waals surface area contributed by atoms with Gasteiger partial charge in [0, 0.05) is 70.4 Å². The number of carbonyl (C=O) groups excluding carboxylic acids is 1. The first kappa shape index (κ1) is 25.8. The molecule has 1 aliphatic rings. The maximum absolute atomic E-state index is 12.9. The molecule has 0 bridgehead atoms. The molecule has 1 aromatic carbocycles. The topological polar surface area (TPSA) is 77.0 Å². The van der Waals surface area contributed by atoms with E-state index in [4.69, 9.17) is 0 Å². The summed E-state index contributed by atoms with van der Waals surface area (Å²) in [6, 6.07) is 19.3. The minimum Gasteiger partial charge on any atom is -0.325 e. The number of aromatic nitrogens is 2. The van der Waals surface area contributed by atoms with E-state index in [1.807, 2.05) is 48.8 Å². The Balaban J connectivity index is 1.40. The fourth-order valence-electron chi connectivity index (χ4n) is 4.18. The summed E-state index contributed by atoms with van der Waals surface area (Å²) in [7, 11) is 0. The van der Waals surface area contributed by atoms with E-state index in [1.165, 1.54) is 0 Å². The smallest absolute Gasteiger partial charge is 0.238 e. The molecule has 36 heavy (non-hydrogen) atoms. The molecule has 1 N–H and O–H groups in total. The number of carbonyl (C=O) groups is 1. The number of hydrogen-bond acceptors (Lipinski definition) is 8. The van der Waals surface area contributed by atoms with Crippen molar-refractivity contribution < 1.29 is 4.79 Å². The summed E-state index contributed by atoms with van der Waals surface area (Å²) in [5.41, 5.74) is 3.56. The van der Waals surface area contributed by atoms with Crippen molar-refractivity contribution in [2.45, 2.75) is 13.1 Å². The SMILES string of the molecule is O=C(CN1CCN(Cc2ccccn2)CCN(Cc2ccccn2)CC1)Nc1ccc(N=C=S)cc1. The van der Waals surface area contributed by atoms with E-state index in [-0.39, 0.29) is 5.91 Å². The van der Waals surface area contributed by atoms with Gasteiger partial charge in [0.2, 0.25) is 5.91 Å². The maximum Gasteiger partial charge on any atom is 0.238 e. The highest BCUT2D eigenvalue weighted by Crippen LogP contribution is 2.16. The summed E-state index contributed by atoms with van der Waals surface area (Å²) >= 11 is 4.64. The summed E-state index contributed by atoms with van der Waals surface area (Å²) in [5.74, 6) is -0.0344. The van der Waals surface area contributed by atoms with Gasteiger partial charge in [0.25, 0.3) is 0 Å². The summed E-state index contributed by atoms with van der Waals surface area (Å²) in [6.45, 7) is 7.11. The highest BCUT2D eigenvalue weighted by Gasteiger charge is 2.19. The standard InChI is InChI=1S/C27H31N7OS/c35-27(31-24-9-7-23(8-10-24)30-22-36)21-34-17-15-32(19-25-5-1-3-11-28-25)13-14-33(16-18-34)20-26-6-2-4-12-29-26/h1-12H,13-21H2,(H,31,35). The van der Waals surface area contributed by atoms with Crippen LogP contribution in [0.1, 0.15) is 11.4 Å². The van der Waals surface area contributed by atoms with E-state index in [0.29, 0.717) is 12.2 Å². The molecule has 1 aliphatic heterocycles. The molecule has 186 valence electrons. The minimum atomic E-state index is -0.0344. The van der Waals surface area contributed by atoms with E-state index < -0.39 is 0 Å². The lowest BCUT2D eigenvalue weighted by atomic mass is 10.3. The third kappa shape index (κ3) is 8.41. The molecular formula is C27H31N7OS. The number of nitrogens with zero attached hydrogens (tertiary/aromatic N) is 6. The average molecular weight is 502 g/mol. The molecule has 0 aliphatic carbocycles. The van der Waals surface area contributed by atoms with Crippen molar-refractivity contribution in [3.8, 4) is 0 Å². The van der Waals surface area contributed by atoms with Crippen LogP contribution in [-0.4, -0.2) is 81.5 Å². The number of aliphatic imine (C=N–C) groups is 1. The fourth-order valence-corrected chi connectivity index (χ4v) is 4.28. The van der Waals surface area contributed by atoms with Gasteiger partial charge in [-0.3, -0.25) is 29.5 Å². The number of benzene rings is 1. The Morgan fingerprint density at radius 3 is 1.81 bits per heavy atom. The highest BCUT2D eigenvalue weighted by molar-refractivity contribution is 7.78. The largest absolute Gasteiger partial charge is 0.325 e. The Hall–Kier alpha value is -3.33. The average Bonchev–Trinajstić information content (AvgIpc) is 2.98. The lowest BCUT2D eigenvalue weighted by molar-refractivity contribution is -0.117. The molecule has 3 aromatic rings. The van der Waals surface area contributed by atoms with Crippen LogP contribution in [0.15, 0.2) is 78.0 Å². The van der Waals surface area contributed by atoms with Crippen molar-refractivity contribution in [1.82, 2.24) is 24.7 Å². The van der Waals surface area contributed by atoms with Gasteiger partial charge < -0.3 is 5.32 Å². The number of hydrogen-bond donors (Lipinski definition) is 1. The van der Waals surface area contributed by atoms with Crippen molar-refractivity contribution in [2.24, 2.45) is 4.99 Å². The van der Waals surface area contributed by atoms with Crippen LogP contribution in [0.3, 0.4) is 0 Å². The molecule has 1 saturated heterocycles. The molecule has 0 saturated carbocycles. The number of thiocarbonyl (C=S) groups is 1. The summed E-state index contributed by atoms with van der Waals surface area (Å²) < 4.78 is 0. The van der Waals surface area contributed by atoms with Crippen molar-refractivity contribution in [3.63, 3.8) is 0 Å². The van der Waals surface area contributed by atoms with Crippen LogP contribution in [0.5, 0.6) is 0 Å². The quantitative estimate of drug-likeness (QED) is 0.374.